The molecular formula is C21H28N6OS. The van der Waals surface area contributed by atoms with Crippen molar-refractivity contribution in [2.45, 2.75) is 20.0 Å². The first-order valence-electron chi connectivity index (χ1n) is 10.1. The molecule has 0 bridgehead atoms. The highest BCUT2D eigenvalue weighted by atomic mass is 32.1. The molecule has 0 unspecified atom stereocenters. The first kappa shape index (κ1) is 19.9. The number of piperazine rings is 1. The second-order valence-corrected chi connectivity index (χ2v) is 8.11. The highest BCUT2D eigenvalue weighted by molar-refractivity contribution is 7.17. The van der Waals surface area contributed by atoms with Gasteiger partial charge in [0.15, 0.2) is 0 Å². The Morgan fingerprint density at radius 1 is 1.00 bits per heavy atom. The summed E-state index contributed by atoms with van der Waals surface area (Å²) in [5, 5.41) is 14.3. The maximum absolute atomic E-state index is 5.72. The van der Waals surface area contributed by atoms with Crippen molar-refractivity contribution in [3.8, 4) is 10.9 Å². The Kier molecular flexibility index (Phi) is 6.43. The number of ether oxygens (including phenoxy) is 1. The van der Waals surface area contributed by atoms with E-state index in [0.717, 1.165) is 55.3 Å². The van der Waals surface area contributed by atoms with Crippen LogP contribution in [0.25, 0.3) is 5.13 Å². The number of rotatable bonds is 8. The number of nitrogens with zero attached hydrogens (tertiary/aromatic N) is 5. The Morgan fingerprint density at radius 2 is 1.79 bits per heavy atom. The Labute approximate surface area is 175 Å². The zero-order valence-corrected chi connectivity index (χ0v) is 17.9. The topological polar surface area (TPSA) is 58.5 Å². The van der Waals surface area contributed by atoms with Crippen LogP contribution in [-0.2, 0) is 13.1 Å². The standard InChI is InChI=1S/C21H28N6OS/c1-3-28-19-9-5-4-7-17(19)15-22-16-18-8-6-10-27(18)21-24-23-20(29-21)26-13-11-25(2)12-14-26/h4-10,22H,3,11-16H2,1-2H3. The Bertz CT molecular complexity index is 915. The molecule has 8 heteroatoms. The minimum Gasteiger partial charge on any atom is -0.494 e. The summed E-state index contributed by atoms with van der Waals surface area (Å²) in [6.07, 6.45) is 2.05. The van der Waals surface area contributed by atoms with E-state index in [2.05, 4.69) is 61.3 Å². The highest BCUT2D eigenvalue weighted by Crippen LogP contribution is 2.25. The number of benzene rings is 1. The Balaban J connectivity index is 1.39. The Morgan fingerprint density at radius 3 is 2.62 bits per heavy atom. The normalized spacial score (nSPS) is 15.0. The van der Waals surface area contributed by atoms with Crippen LogP contribution in [0.5, 0.6) is 5.75 Å². The molecule has 0 atom stereocenters. The molecule has 154 valence electrons. The molecule has 4 rings (SSSR count). The molecule has 7 nitrogen and oxygen atoms in total. The molecule has 0 saturated carbocycles. The molecule has 1 aromatic carbocycles. The van der Waals surface area contributed by atoms with E-state index in [1.54, 1.807) is 11.3 Å². The number of aromatic nitrogens is 3. The van der Waals surface area contributed by atoms with Gasteiger partial charge in [-0.3, -0.25) is 4.57 Å². The summed E-state index contributed by atoms with van der Waals surface area (Å²) >= 11 is 1.65. The van der Waals surface area contributed by atoms with E-state index in [0.29, 0.717) is 6.61 Å². The van der Waals surface area contributed by atoms with Crippen molar-refractivity contribution < 1.29 is 4.74 Å². The van der Waals surface area contributed by atoms with Crippen molar-refractivity contribution in [1.29, 1.82) is 0 Å². The molecule has 2 aromatic heterocycles. The lowest BCUT2D eigenvalue weighted by atomic mass is 10.2. The van der Waals surface area contributed by atoms with Crippen LogP contribution in [0, 0.1) is 0 Å². The van der Waals surface area contributed by atoms with Gasteiger partial charge in [-0.1, -0.05) is 29.5 Å². The molecule has 0 amide bonds. The van der Waals surface area contributed by atoms with Crippen molar-refractivity contribution >= 4 is 16.5 Å². The summed E-state index contributed by atoms with van der Waals surface area (Å²) in [4.78, 5) is 4.67. The lowest BCUT2D eigenvalue weighted by Crippen LogP contribution is -2.44. The van der Waals surface area contributed by atoms with Crippen LogP contribution < -0.4 is 15.0 Å². The van der Waals surface area contributed by atoms with Crippen LogP contribution in [0.2, 0.25) is 0 Å². The fourth-order valence-corrected chi connectivity index (χ4v) is 4.36. The molecule has 1 aliphatic heterocycles. The second kappa shape index (κ2) is 9.39. The zero-order chi connectivity index (χ0) is 20.1. The number of hydrogen-bond acceptors (Lipinski definition) is 7. The van der Waals surface area contributed by atoms with Crippen LogP contribution in [0.3, 0.4) is 0 Å². The van der Waals surface area contributed by atoms with Gasteiger partial charge >= 0.3 is 0 Å². The fourth-order valence-electron chi connectivity index (χ4n) is 3.45. The van der Waals surface area contributed by atoms with Gasteiger partial charge in [-0.25, -0.2) is 0 Å². The third-order valence-electron chi connectivity index (χ3n) is 5.11. The molecular weight excluding hydrogens is 384 g/mol. The first-order valence-corrected chi connectivity index (χ1v) is 10.9. The van der Waals surface area contributed by atoms with E-state index in [9.17, 15) is 0 Å². The molecule has 1 N–H and O–H groups in total. The zero-order valence-electron chi connectivity index (χ0n) is 17.0. The van der Waals surface area contributed by atoms with E-state index in [4.69, 9.17) is 4.74 Å². The van der Waals surface area contributed by atoms with Crippen LogP contribution in [0.15, 0.2) is 42.6 Å². The SMILES string of the molecule is CCOc1ccccc1CNCc1cccn1-c1nnc(N2CCN(C)CC2)s1. The molecule has 3 aromatic rings. The number of para-hydroxylation sites is 1. The van der Waals surface area contributed by atoms with Gasteiger partial charge in [0.25, 0.3) is 0 Å². The molecule has 1 saturated heterocycles. The van der Waals surface area contributed by atoms with Crippen LogP contribution >= 0.6 is 11.3 Å². The minimum absolute atomic E-state index is 0.673. The fraction of sp³-hybridized carbons (Fsp3) is 0.429. The summed E-state index contributed by atoms with van der Waals surface area (Å²) < 4.78 is 7.84. The maximum atomic E-state index is 5.72. The van der Waals surface area contributed by atoms with E-state index < -0.39 is 0 Å². The molecule has 29 heavy (non-hydrogen) atoms. The van der Waals surface area contributed by atoms with Crippen molar-refractivity contribution in [3.05, 3.63) is 53.9 Å². The third kappa shape index (κ3) is 4.77. The van der Waals surface area contributed by atoms with Gasteiger partial charge in [0.1, 0.15) is 5.75 Å². The summed E-state index contributed by atoms with van der Waals surface area (Å²) in [6.45, 7) is 8.32. The first-order chi connectivity index (χ1) is 14.2. The maximum Gasteiger partial charge on any atom is 0.218 e. The van der Waals surface area contributed by atoms with Gasteiger partial charge in [-0.2, -0.15) is 0 Å². The molecule has 0 radical (unpaired) electrons. The molecule has 1 aliphatic rings. The summed E-state index contributed by atoms with van der Waals surface area (Å²) in [5.41, 5.74) is 2.33. The van der Waals surface area contributed by atoms with Gasteiger partial charge < -0.3 is 19.9 Å². The van der Waals surface area contributed by atoms with Crippen molar-refractivity contribution in [1.82, 2.24) is 25.0 Å². The van der Waals surface area contributed by atoms with Gasteiger partial charge in [0.2, 0.25) is 10.3 Å². The minimum atomic E-state index is 0.673. The molecule has 1 fully saturated rings. The number of anilines is 1. The summed E-state index contributed by atoms with van der Waals surface area (Å²) in [5.74, 6) is 0.943. The second-order valence-electron chi connectivity index (χ2n) is 7.17. The average molecular weight is 413 g/mol. The number of nitrogens with one attached hydrogen (secondary N) is 1. The summed E-state index contributed by atoms with van der Waals surface area (Å²) in [7, 11) is 2.16. The Hall–Kier alpha value is -2.42. The van der Waals surface area contributed by atoms with E-state index in [-0.39, 0.29) is 0 Å². The predicted molar refractivity (Wildman–Crippen MR) is 117 cm³/mol. The molecule has 0 aliphatic carbocycles. The monoisotopic (exact) mass is 412 g/mol. The van der Waals surface area contributed by atoms with Crippen molar-refractivity contribution in [2.75, 3.05) is 44.7 Å². The smallest absolute Gasteiger partial charge is 0.218 e. The largest absolute Gasteiger partial charge is 0.494 e. The molecule has 0 spiro atoms. The highest BCUT2D eigenvalue weighted by Gasteiger charge is 2.19. The van der Waals surface area contributed by atoms with Crippen LogP contribution in [-0.4, -0.2) is 59.5 Å². The molecule has 3 heterocycles. The van der Waals surface area contributed by atoms with Gasteiger partial charge in [-0.15, -0.1) is 10.2 Å². The third-order valence-corrected chi connectivity index (χ3v) is 6.09. The van der Waals surface area contributed by atoms with Gasteiger partial charge in [-0.05, 0) is 32.2 Å². The van der Waals surface area contributed by atoms with E-state index in [1.165, 1.54) is 11.3 Å². The van der Waals surface area contributed by atoms with E-state index in [1.807, 2.05) is 25.1 Å². The van der Waals surface area contributed by atoms with E-state index >= 15 is 0 Å². The van der Waals surface area contributed by atoms with Crippen LogP contribution in [0.4, 0.5) is 5.13 Å². The predicted octanol–water partition coefficient (Wildman–Crippen LogP) is 2.77. The van der Waals surface area contributed by atoms with Crippen molar-refractivity contribution in [2.24, 2.45) is 0 Å². The quantitative estimate of drug-likeness (QED) is 0.614. The van der Waals surface area contributed by atoms with Crippen LogP contribution in [0.1, 0.15) is 18.2 Å². The average Bonchev–Trinajstić information content (AvgIpc) is 3.39. The lowest BCUT2D eigenvalue weighted by molar-refractivity contribution is 0.312. The number of likely N-dealkylation sites (N-methyl/N-ethyl adjacent to an activating group) is 1. The van der Waals surface area contributed by atoms with Gasteiger partial charge in [0.05, 0.1) is 6.61 Å². The van der Waals surface area contributed by atoms with Gasteiger partial charge in [0, 0.05) is 56.7 Å². The lowest BCUT2D eigenvalue weighted by Gasteiger charge is -2.31. The van der Waals surface area contributed by atoms with Crippen molar-refractivity contribution in [3.63, 3.8) is 0 Å². The summed E-state index contributed by atoms with van der Waals surface area (Å²) in [6, 6.07) is 12.4. The number of hydrogen-bond donors (Lipinski definition) is 1.